The second-order valence-corrected chi connectivity index (χ2v) is 13.7. The molecule has 46 heavy (non-hydrogen) atoms. The first-order chi connectivity index (χ1) is 22.6. The van der Waals surface area contributed by atoms with Gasteiger partial charge in [0.25, 0.3) is 0 Å². The number of rotatable bonds is 9. The first-order valence-corrected chi connectivity index (χ1v) is 17.6. The molecule has 5 aromatic carbocycles. The van der Waals surface area contributed by atoms with E-state index < -0.39 is 0 Å². The van der Waals surface area contributed by atoms with Gasteiger partial charge in [-0.25, -0.2) is 0 Å². The zero-order chi connectivity index (χ0) is 31.5. The zero-order valence-electron chi connectivity index (χ0n) is 25.8. The van der Waals surface area contributed by atoms with Crippen LogP contribution in [0.15, 0.2) is 123 Å². The smallest absolute Gasteiger partial charge is 0.175 e. The lowest BCUT2D eigenvalue weighted by Crippen LogP contribution is -2.37. The van der Waals surface area contributed by atoms with E-state index in [1.54, 1.807) is 0 Å². The highest BCUT2D eigenvalue weighted by Crippen LogP contribution is 2.50. The highest BCUT2D eigenvalue weighted by Gasteiger charge is 2.35. The summed E-state index contributed by atoms with van der Waals surface area (Å²) in [5.41, 5.74) is 9.93. The van der Waals surface area contributed by atoms with E-state index in [-0.39, 0.29) is 0 Å². The topological polar surface area (TPSA) is 34.1 Å². The summed E-state index contributed by atoms with van der Waals surface area (Å²) in [4.78, 5) is 7.71. The molecule has 0 aromatic heterocycles. The van der Waals surface area contributed by atoms with E-state index in [2.05, 4.69) is 122 Å². The Bertz CT molecular complexity index is 1770. The molecule has 0 amide bonds. The van der Waals surface area contributed by atoms with Crippen LogP contribution in [0.5, 0.6) is 11.5 Å². The molecule has 0 fully saturated rings. The molecule has 2 atom stereocenters. The maximum absolute atomic E-state index is 6.24. The van der Waals surface area contributed by atoms with Crippen molar-refractivity contribution in [1.82, 2.24) is 0 Å². The van der Waals surface area contributed by atoms with Crippen LogP contribution in [0.2, 0.25) is 0 Å². The quantitative estimate of drug-likeness (QED) is 0.141. The van der Waals surface area contributed by atoms with Crippen LogP contribution in [0.3, 0.4) is 0 Å². The van der Waals surface area contributed by atoms with E-state index in [0.717, 1.165) is 51.7 Å². The van der Waals surface area contributed by atoms with Crippen molar-refractivity contribution in [2.75, 3.05) is 24.6 Å². The summed E-state index contributed by atoms with van der Waals surface area (Å²) >= 11 is 7.25. The van der Waals surface area contributed by atoms with Gasteiger partial charge in [0.05, 0.1) is 16.8 Å². The third-order valence-electron chi connectivity index (χ3n) is 8.99. The second kappa shape index (κ2) is 13.9. The molecule has 0 unspecified atom stereocenters. The number of nitrogens with zero attached hydrogens (tertiary/aromatic N) is 2. The van der Waals surface area contributed by atoms with E-state index in [4.69, 9.17) is 14.5 Å². The Hall–Kier alpha value is -3.87. The minimum atomic E-state index is 0.344. The van der Waals surface area contributed by atoms with Gasteiger partial charge < -0.3 is 14.4 Å². The standard InChI is InChI=1S/C40H36Br2N2O2/c1-2-45-38-22-28(21-37(42)40(38)46-26-27-13-15-31(41)16-14-27)25-43-32-23-35-33(29-9-5-3-6-10-29)17-19-44-20-18-34(36(24-32)39(35)44)30-11-7-4-8-12-30/h3-16,21-25,33-34H,2,17-20,26H2,1H3/t33-,34-/m0/s1. The summed E-state index contributed by atoms with van der Waals surface area (Å²) in [5, 5.41) is 0. The van der Waals surface area contributed by atoms with Crippen molar-refractivity contribution in [3.8, 4) is 11.5 Å². The summed E-state index contributed by atoms with van der Waals surface area (Å²) in [5.74, 6) is 2.07. The highest BCUT2D eigenvalue weighted by atomic mass is 79.9. The minimum Gasteiger partial charge on any atom is -0.490 e. The zero-order valence-corrected chi connectivity index (χ0v) is 29.0. The Morgan fingerprint density at radius 3 is 1.96 bits per heavy atom. The Morgan fingerprint density at radius 2 is 1.37 bits per heavy atom. The fourth-order valence-electron chi connectivity index (χ4n) is 6.86. The van der Waals surface area contributed by atoms with Crippen LogP contribution < -0.4 is 14.4 Å². The molecule has 0 bridgehead atoms. The third kappa shape index (κ3) is 6.51. The van der Waals surface area contributed by atoms with Crippen LogP contribution in [-0.4, -0.2) is 25.9 Å². The summed E-state index contributed by atoms with van der Waals surface area (Å²) in [7, 11) is 0. The predicted octanol–water partition coefficient (Wildman–Crippen LogP) is 10.8. The average molecular weight is 737 g/mol. The first-order valence-electron chi connectivity index (χ1n) is 16.0. The van der Waals surface area contributed by atoms with Gasteiger partial charge in [0, 0.05) is 41.3 Å². The molecule has 6 heteroatoms. The number of hydrogen-bond donors (Lipinski definition) is 0. The van der Waals surface area contributed by atoms with Crippen LogP contribution in [0.25, 0.3) is 0 Å². The van der Waals surface area contributed by atoms with Crippen molar-refractivity contribution < 1.29 is 9.47 Å². The third-order valence-corrected chi connectivity index (χ3v) is 10.1. The number of halogens is 2. The Labute approximate surface area is 288 Å². The molecule has 2 aliphatic heterocycles. The van der Waals surface area contributed by atoms with Gasteiger partial charge in [0.15, 0.2) is 11.5 Å². The predicted molar refractivity (Wildman–Crippen MR) is 195 cm³/mol. The van der Waals surface area contributed by atoms with Gasteiger partial charge in [-0.3, -0.25) is 4.99 Å². The molecule has 0 saturated carbocycles. The van der Waals surface area contributed by atoms with Gasteiger partial charge in [-0.05, 0) is 105 Å². The average Bonchev–Trinajstić information content (AvgIpc) is 3.09. The SMILES string of the molecule is CCOc1cc(C=Nc2cc3c4c(c2)[C@H](c2ccccc2)CCN4CC[C@H]3c2ccccc2)cc(Br)c1OCc1ccc(Br)cc1. The molecule has 2 heterocycles. The van der Waals surface area contributed by atoms with Crippen LogP contribution in [0, 0.1) is 0 Å². The van der Waals surface area contributed by atoms with Crippen molar-refractivity contribution in [3.63, 3.8) is 0 Å². The molecule has 2 aliphatic rings. The lowest BCUT2D eigenvalue weighted by atomic mass is 9.76. The molecule has 0 N–H and O–H groups in total. The monoisotopic (exact) mass is 734 g/mol. The maximum Gasteiger partial charge on any atom is 0.175 e. The molecule has 5 aromatic rings. The van der Waals surface area contributed by atoms with Crippen molar-refractivity contribution in [3.05, 3.63) is 152 Å². The molecule has 232 valence electrons. The van der Waals surface area contributed by atoms with Crippen LogP contribution in [0.4, 0.5) is 11.4 Å². The lowest BCUT2D eigenvalue weighted by molar-refractivity contribution is 0.267. The summed E-state index contributed by atoms with van der Waals surface area (Å²) in [6.45, 7) is 5.12. The Morgan fingerprint density at radius 1 is 0.761 bits per heavy atom. The number of benzene rings is 5. The van der Waals surface area contributed by atoms with E-state index in [1.807, 2.05) is 37.4 Å². The fraction of sp³-hybridized carbons (Fsp3) is 0.225. The largest absolute Gasteiger partial charge is 0.490 e. The maximum atomic E-state index is 6.24. The van der Waals surface area contributed by atoms with Crippen LogP contribution in [-0.2, 0) is 6.61 Å². The molecule has 4 nitrogen and oxygen atoms in total. The van der Waals surface area contributed by atoms with Crippen molar-refractivity contribution in [2.24, 2.45) is 4.99 Å². The molecule has 0 radical (unpaired) electrons. The normalized spacial score (nSPS) is 17.2. The number of aliphatic imine (C=N–C) groups is 1. The highest BCUT2D eigenvalue weighted by molar-refractivity contribution is 9.10. The van der Waals surface area contributed by atoms with E-state index >= 15 is 0 Å². The van der Waals surface area contributed by atoms with Gasteiger partial charge in [0.1, 0.15) is 6.61 Å². The first kappa shape index (κ1) is 30.8. The number of hydrogen-bond acceptors (Lipinski definition) is 4. The lowest BCUT2D eigenvalue weighted by Gasteiger charge is -2.43. The van der Waals surface area contributed by atoms with Gasteiger partial charge >= 0.3 is 0 Å². The van der Waals surface area contributed by atoms with Gasteiger partial charge in [-0.15, -0.1) is 0 Å². The van der Waals surface area contributed by atoms with Gasteiger partial charge in [-0.1, -0.05) is 88.7 Å². The fourth-order valence-corrected chi connectivity index (χ4v) is 7.70. The Kier molecular flexibility index (Phi) is 9.27. The van der Waals surface area contributed by atoms with Crippen molar-refractivity contribution >= 4 is 49.4 Å². The van der Waals surface area contributed by atoms with Crippen LogP contribution >= 0.6 is 31.9 Å². The van der Waals surface area contributed by atoms with E-state index in [9.17, 15) is 0 Å². The molecule has 0 aliphatic carbocycles. The Balaban J connectivity index is 1.25. The minimum absolute atomic E-state index is 0.344. The molecular formula is C40H36Br2N2O2. The van der Waals surface area contributed by atoms with Crippen molar-refractivity contribution in [2.45, 2.75) is 38.2 Å². The number of anilines is 1. The second-order valence-electron chi connectivity index (χ2n) is 11.9. The molecular weight excluding hydrogens is 700 g/mol. The van der Waals surface area contributed by atoms with E-state index in [1.165, 1.54) is 27.9 Å². The van der Waals surface area contributed by atoms with Gasteiger partial charge in [-0.2, -0.15) is 0 Å². The van der Waals surface area contributed by atoms with Crippen LogP contribution in [0.1, 0.15) is 65.0 Å². The van der Waals surface area contributed by atoms with Crippen molar-refractivity contribution in [1.29, 1.82) is 0 Å². The molecule has 0 saturated heterocycles. The molecule has 0 spiro atoms. The summed E-state index contributed by atoms with van der Waals surface area (Å²) in [6, 6.07) is 38.8. The number of ether oxygens (including phenoxy) is 2. The van der Waals surface area contributed by atoms with E-state index in [0.29, 0.717) is 36.5 Å². The summed E-state index contributed by atoms with van der Waals surface area (Å²) < 4.78 is 14.2. The molecule has 7 rings (SSSR count). The summed E-state index contributed by atoms with van der Waals surface area (Å²) in [6.07, 6.45) is 4.15. The van der Waals surface area contributed by atoms with Gasteiger partial charge in [0.2, 0.25) is 0 Å².